The highest BCUT2D eigenvalue weighted by molar-refractivity contribution is 7.99. The average Bonchev–Trinajstić information content (AvgIpc) is 3.11. The molecule has 4 aromatic rings. The predicted octanol–water partition coefficient (Wildman–Crippen LogP) is 4.03. The molecule has 0 amide bonds. The summed E-state index contributed by atoms with van der Waals surface area (Å²) < 4.78 is 3.31. The molecular weight excluding hydrogens is 368 g/mol. The van der Waals surface area contributed by atoms with Crippen LogP contribution in [0.4, 0.5) is 0 Å². The fraction of sp³-hybridized carbons (Fsp3) is 0.105. The highest BCUT2D eigenvalue weighted by Crippen LogP contribution is 2.20. The molecular formula is C19H15ClN4OS. The van der Waals surface area contributed by atoms with Gasteiger partial charge in [0.05, 0.1) is 11.9 Å². The van der Waals surface area contributed by atoms with Crippen molar-refractivity contribution in [1.29, 1.82) is 0 Å². The molecule has 0 unspecified atom stereocenters. The molecule has 26 heavy (non-hydrogen) atoms. The maximum absolute atomic E-state index is 12.7. The molecule has 0 aliphatic heterocycles. The molecule has 2 aromatic heterocycles. The number of aromatic nitrogens is 4. The number of thioether (sulfide) groups is 1. The zero-order valence-corrected chi connectivity index (χ0v) is 15.3. The summed E-state index contributed by atoms with van der Waals surface area (Å²) in [6.07, 6.45) is 3.18. The van der Waals surface area contributed by atoms with E-state index in [2.05, 4.69) is 10.1 Å². The van der Waals surface area contributed by atoms with Crippen molar-refractivity contribution in [1.82, 2.24) is 19.3 Å². The molecule has 0 aliphatic carbocycles. The summed E-state index contributed by atoms with van der Waals surface area (Å²) in [6.45, 7) is 0.575. The first-order valence-corrected chi connectivity index (χ1v) is 9.46. The third kappa shape index (κ3) is 3.38. The van der Waals surface area contributed by atoms with E-state index in [1.165, 1.54) is 0 Å². The average molecular weight is 383 g/mol. The van der Waals surface area contributed by atoms with Gasteiger partial charge in [0.25, 0.3) is 5.56 Å². The largest absolute Gasteiger partial charge is 0.298 e. The molecule has 0 fully saturated rings. The highest BCUT2D eigenvalue weighted by Gasteiger charge is 2.11. The Bertz CT molecular complexity index is 1090. The van der Waals surface area contributed by atoms with Crippen molar-refractivity contribution in [2.75, 3.05) is 5.75 Å². The van der Waals surface area contributed by atoms with Crippen LogP contribution >= 0.6 is 23.4 Å². The molecule has 0 radical (unpaired) electrons. The predicted molar refractivity (Wildman–Crippen MR) is 105 cm³/mol. The minimum absolute atomic E-state index is 0.0751. The lowest BCUT2D eigenvalue weighted by atomic mass is 10.3. The lowest BCUT2D eigenvalue weighted by Gasteiger charge is -2.06. The summed E-state index contributed by atoms with van der Waals surface area (Å²) in [5.74, 6) is 0.765. The van der Waals surface area contributed by atoms with Crippen molar-refractivity contribution in [3.8, 4) is 5.69 Å². The van der Waals surface area contributed by atoms with Gasteiger partial charge in [0.1, 0.15) is 11.7 Å². The maximum atomic E-state index is 12.7. The number of nitrogens with zero attached hydrogens (tertiary/aromatic N) is 4. The van der Waals surface area contributed by atoms with Crippen molar-refractivity contribution in [2.45, 2.75) is 11.4 Å². The Labute approximate surface area is 159 Å². The molecule has 0 atom stereocenters. The molecule has 2 heterocycles. The first kappa shape index (κ1) is 16.9. The Hall–Kier alpha value is -2.57. The fourth-order valence-corrected chi connectivity index (χ4v) is 3.64. The molecule has 0 spiro atoms. The molecule has 0 bridgehead atoms. The minimum atomic E-state index is -0.0751. The van der Waals surface area contributed by atoms with Gasteiger partial charge in [0.2, 0.25) is 0 Å². The Balaban J connectivity index is 1.55. The van der Waals surface area contributed by atoms with Crippen LogP contribution in [0.5, 0.6) is 0 Å². The zero-order valence-electron chi connectivity index (χ0n) is 13.7. The van der Waals surface area contributed by atoms with E-state index in [1.807, 2.05) is 54.6 Å². The second-order valence-corrected chi connectivity index (χ2v) is 7.28. The Morgan fingerprint density at radius 3 is 2.58 bits per heavy atom. The van der Waals surface area contributed by atoms with Crippen LogP contribution < -0.4 is 5.56 Å². The lowest BCUT2D eigenvalue weighted by molar-refractivity contribution is 0.723. The second-order valence-electron chi connectivity index (χ2n) is 5.67. The normalized spacial score (nSPS) is 11.1. The molecule has 2 aromatic carbocycles. The van der Waals surface area contributed by atoms with Crippen molar-refractivity contribution in [3.63, 3.8) is 0 Å². The van der Waals surface area contributed by atoms with Gasteiger partial charge in [-0.15, -0.1) is 11.8 Å². The Kier molecular flexibility index (Phi) is 4.77. The summed E-state index contributed by atoms with van der Waals surface area (Å²) in [6, 6.07) is 17.3. The summed E-state index contributed by atoms with van der Waals surface area (Å²) in [5.41, 5.74) is 1.38. The summed E-state index contributed by atoms with van der Waals surface area (Å²) >= 11 is 7.57. The van der Waals surface area contributed by atoms with E-state index < -0.39 is 0 Å². The quantitative estimate of drug-likeness (QED) is 0.489. The molecule has 0 saturated heterocycles. The number of benzene rings is 2. The van der Waals surface area contributed by atoms with Gasteiger partial charge in [0.15, 0.2) is 5.65 Å². The van der Waals surface area contributed by atoms with Gasteiger partial charge >= 0.3 is 0 Å². The monoisotopic (exact) mass is 382 g/mol. The van der Waals surface area contributed by atoms with Crippen molar-refractivity contribution in [2.24, 2.45) is 0 Å². The number of halogens is 1. The van der Waals surface area contributed by atoms with Crippen LogP contribution in [0.25, 0.3) is 16.7 Å². The Morgan fingerprint density at radius 1 is 1.04 bits per heavy atom. The summed E-state index contributed by atoms with van der Waals surface area (Å²) in [4.78, 5) is 18.3. The van der Waals surface area contributed by atoms with Crippen LogP contribution in [-0.2, 0) is 6.54 Å². The van der Waals surface area contributed by atoms with Crippen LogP contribution in [0.3, 0.4) is 0 Å². The van der Waals surface area contributed by atoms with Crippen LogP contribution in [0, 0.1) is 0 Å². The molecule has 0 saturated carbocycles. The number of hydrogen-bond donors (Lipinski definition) is 0. The topological polar surface area (TPSA) is 52.7 Å². The van der Waals surface area contributed by atoms with E-state index in [9.17, 15) is 4.79 Å². The summed E-state index contributed by atoms with van der Waals surface area (Å²) in [5, 5.41) is 5.57. The smallest absolute Gasteiger partial charge is 0.264 e. The lowest BCUT2D eigenvalue weighted by Crippen LogP contribution is -2.21. The second kappa shape index (κ2) is 7.35. The fourth-order valence-electron chi connectivity index (χ4n) is 2.66. The first-order valence-electron chi connectivity index (χ1n) is 8.09. The van der Waals surface area contributed by atoms with E-state index in [0.717, 1.165) is 21.4 Å². The SMILES string of the molecule is O=c1c2cnn(-c3ccccc3)c2ncn1CCSc1ccc(Cl)cc1. The van der Waals surface area contributed by atoms with Gasteiger partial charge in [-0.2, -0.15) is 5.10 Å². The number of aryl methyl sites for hydroxylation is 1. The maximum Gasteiger partial charge on any atom is 0.264 e. The van der Waals surface area contributed by atoms with E-state index in [0.29, 0.717) is 17.6 Å². The first-order chi connectivity index (χ1) is 12.7. The highest BCUT2D eigenvalue weighted by atomic mass is 35.5. The third-order valence-electron chi connectivity index (χ3n) is 3.97. The van der Waals surface area contributed by atoms with Gasteiger partial charge in [-0.3, -0.25) is 9.36 Å². The van der Waals surface area contributed by atoms with Crippen molar-refractivity contribution >= 4 is 34.4 Å². The van der Waals surface area contributed by atoms with E-state index in [4.69, 9.17) is 11.6 Å². The standard InChI is InChI=1S/C19H15ClN4OS/c20-14-6-8-16(9-7-14)26-11-10-23-13-21-18-17(19(23)25)12-22-24(18)15-4-2-1-3-5-15/h1-9,12-13H,10-11H2. The number of fused-ring (bicyclic) bond motifs is 1. The molecule has 5 nitrogen and oxygen atoms in total. The molecule has 4 rings (SSSR count). The number of hydrogen-bond acceptors (Lipinski definition) is 4. The van der Waals surface area contributed by atoms with Crippen LogP contribution in [0.1, 0.15) is 0 Å². The van der Waals surface area contributed by atoms with Gasteiger partial charge < -0.3 is 0 Å². The zero-order chi connectivity index (χ0) is 17.9. The van der Waals surface area contributed by atoms with E-state index in [-0.39, 0.29) is 5.56 Å². The minimum Gasteiger partial charge on any atom is -0.298 e. The van der Waals surface area contributed by atoms with Crippen LogP contribution in [0.2, 0.25) is 5.02 Å². The summed E-state index contributed by atoms with van der Waals surface area (Å²) in [7, 11) is 0. The van der Waals surface area contributed by atoms with Crippen molar-refractivity contribution in [3.05, 3.63) is 82.5 Å². The van der Waals surface area contributed by atoms with Gasteiger partial charge in [-0.25, -0.2) is 9.67 Å². The van der Waals surface area contributed by atoms with E-state index in [1.54, 1.807) is 33.5 Å². The molecule has 7 heteroatoms. The molecule has 130 valence electrons. The van der Waals surface area contributed by atoms with Crippen LogP contribution in [-0.4, -0.2) is 25.1 Å². The molecule has 0 N–H and O–H groups in total. The van der Waals surface area contributed by atoms with Crippen LogP contribution in [0.15, 0.2) is 76.8 Å². The van der Waals surface area contributed by atoms with Gasteiger partial charge in [-0.1, -0.05) is 29.8 Å². The van der Waals surface area contributed by atoms with E-state index >= 15 is 0 Å². The number of para-hydroxylation sites is 1. The van der Waals surface area contributed by atoms with Gasteiger partial charge in [0, 0.05) is 22.2 Å². The van der Waals surface area contributed by atoms with Gasteiger partial charge in [-0.05, 0) is 36.4 Å². The van der Waals surface area contributed by atoms with Crippen molar-refractivity contribution < 1.29 is 0 Å². The Morgan fingerprint density at radius 2 is 1.81 bits per heavy atom. The number of rotatable bonds is 5. The molecule has 0 aliphatic rings. The third-order valence-corrected chi connectivity index (χ3v) is 5.21.